The Morgan fingerprint density at radius 3 is 2.63 bits per heavy atom. The van der Waals surface area contributed by atoms with Crippen LogP contribution in [0.2, 0.25) is 0 Å². The fourth-order valence-electron chi connectivity index (χ4n) is 3.73. The van der Waals surface area contributed by atoms with Gasteiger partial charge in [-0.15, -0.1) is 0 Å². The third kappa shape index (κ3) is 4.21. The number of rotatable bonds is 7. The Balaban J connectivity index is 2.08. The predicted molar refractivity (Wildman–Crippen MR) is 114 cm³/mol. The first kappa shape index (κ1) is 21.5. The molecule has 1 N–H and O–H groups in total. The molecule has 1 aliphatic rings. The van der Waals surface area contributed by atoms with E-state index >= 15 is 0 Å². The number of amides is 1. The summed E-state index contributed by atoms with van der Waals surface area (Å²) in [5, 5.41) is 11.1. The number of nitrogens with zero attached hydrogens (tertiary/aromatic N) is 3. The topological polar surface area (TPSA) is 83.0 Å². The summed E-state index contributed by atoms with van der Waals surface area (Å²) in [6.45, 7) is 3.04. The maximum absolute atomic E-state index is 13.0. The van der Waals surface area contributed by atoms with Crippen molar-refractivity contribution in [3.63, 3.8) is 0 Å². The number of Topliss-reactive ketones (excluding diaryl/α,β-unsaturated/α-hetero) is 1. The van der Waals surface area contributed by atoms with Crippen LogP contribution in [0.4, 0.5) is 0 Å². The van der Waals surface area contributed by atoms with Crippen LogP contribution in [0.1, 0.15) is 29.2 Å². The average Bonchev–Trinajstić information content (AvgIpc) is 2.98. The first-order valence-electron chi connectivity index (χ1n) is 9.83. The standard InChI is InChI=1S/C23H27N3O4/c1-15-13-16(8-9-18(15)30-4)21(27)19-20(17-7-5-10-24-14-17)26(23(29)22(19)28)12-6-11-25(2)3/h5,7-10,13-14,20,27H,6,11-12H2,1-4H3/t20-/m1/s1. The summed E-state index contributed by atoms with van der Waals surface area (Å²) in [7, 11) is 5.49. The lowest BCUT2D eigenvalue weighted by Crippen LogP contribution is -2.32. The van der Waals surface area contributed by atoms with E-state index in [9.17, 15) is 14.7 Å². The molecule has 7 nitrogen and oxygen atoms in total. The molecule has 0 radical (unpaired) electrons. The molecule has 0 saturated carbocycles. The molecule has 1 fully saturated rings. The van der Waals surface area contributed by atoms with Gasteiger partial charge in [-0.05, 0) is 69.4 Å². The zero-order valence-electron chi connectivity index (χ0n) is 17.8. The number of benzene rings is 1. The minimum absolute atomic E-state index is 0.0856. The molecule has 0 spiro atoms. The largest absolute Gasteiger partial charge is 0.507 e. The zero-order valence-corrected chi connectivity index (χ0v) is 17.8. The van der Waals surface area contributed by atoms with Crippen molar-refractivity contribution in [1.29, 1.82) is 0 Å². The lowest BCUT2D eigenvalue weighted by Gasteiger charge is -2.25. The molecule has 1 aromatic carbocycles. The fourth-order valence-corrected chi connectivity index (χ4v) is 3.73. The molecule has 7 heteroatoms. The number of carbonyl (C=O) groups excluding carboxylic acids is 2. The lowest BCUT2D eigenvalue weighted by molar-refractivity contribution is -0.139. The third-order valence-electron chi connectivity index (χ3n) is 5.21. The molecule has 0 unspecified atom stereocenters. The van der Waals surface area contributed by atoms with Gasteiger partial charge >= 0.3 is 0 Å². The highest BCUT2D eigenvalue weighted by atomic mass is 16.5. The van der Waals surface area contributed by atoms with Gasteiger partial charge < -0.3 is 19.6 Å². The summed E-state index contributed by atoms with van der Waals surface area (Å²) in [6, 6.07) is 8.05. The van der Waals surface area contributed by atoms with Gasteiger partial charge in [0.1, 0.15) is 11.5 Å². The van der Waals surface area contributed by atoms with Crippen molar-refractivity contribution in [2.45, 2.75) is 19.4 Å². The quantitative estimate of drug-likeness (QED) is 0.430. The second-order valence-electron chi connectivity index (χ2n) is 7.62. The zero-order chi connectivity index (χ0) is 21.8. The summed E-state index contributed by atoms with van der Waals surface area (Å²) in [6.07, 6.45) is 3.97. The predicted octanol–water partition coefficient (Wildman–Crippen LogP) is 2.77. The maximum Gasteiger partial charge on any atom is 0.295 e. The SMILES string of the molecule is COc1ccc(C(O)=C2C(=O)C(=O)N(CCCN(C)C)[C@@H]2c2cccnc2)cc1C. The number of methoxy groups -OCH3 is 1. The summed E-state index contributed by atoms with van der Waals surface area (Å²) in [5.74, 6) is -0.795. The monoisotopic (exact) mass is 409 g/mol. The molecule has 2 aromatic rings. The van der Waals surface area contributed by atoms with Crippen molar-refractivity contribution in [3.8, 4) is 5.75 Å². The van der Waals surface area contributed by atoms with E-state index in [-0.39, 0.29) is 11.3 Å². The molecule has 1 atom stereocenters. The van der Waals surface area contributed by atoms with Crippen LogP contribution in [-0.4, -0.2) is 65.9 Å². The number of aliphatic hydroxyl groups is 1. The van der Waals surface area contributed by atoms with Crippen LogP contribution >= 0.6 is 0 Å². The van der Waals surface area contributed by atoms with Crippen LogP contribution in [-0.2, 0) is 9.59 Å². The van der Waals surface area contributed by atoms with E-state index < -0.39 is 17.7 Å². The van der Waals surface area contributed by atoms with Crippen molar-refractivity contribution in [1.82, 2.24) is 14.8 Å². The van der Waals surface area contributed by atoms with E-state index in [2.05, 4.69) is 4.98 Å². The van der Waals surface area contributed by atoms with Crippen molar-refractivity contribution < 1.29 is 19.4 Å². The second-order valence-corrected chi connectivity index (χ2v) is 7.62. The molecule has 1 amide bonds. The van der Waals surface area contributed by atoms with E-state index in [4.69, 9.17) is 4.74 Å². The van der Waals surface area contributed by atoms with E-state index in [1.54, 1.807) is 43.8 Å². The van der Waals surface area contributed by atoms with Gasteiger partial charge in [-0.2, -0.15) is 0 Å². The lowest BCUT2D eigenvalue weighted by atomic mass is 9.95. The Labute approximate surface area is 176 Å². The molecular weight excluding hydrogens is 382 g/mol. The van der Waals surface area contributed by atoms with Gasteiger partial charge in [0.2, 0.25) is 0 Å². The van der Waals surface area contributed by atoms with Crippen LogP contribution < -0.4 is 4.74 Å². The van der Waals surface area contributed by atoms with Gasteiger partial charge in [-0.3, -0.25) is 14.6 Å². The molecular formula is C23H27N3O4. The number of carbonyl (C=O) groups is 2. The second kappa shape index (κ2) is 9.09. The number of likely N-dealkylation sites (tertiary alicyclic amines) is 1. The van der Waals surface area contributed by atoms with Crippen LogP contribution in [0.25, 0.3) is 5.76 Å². The highest BCUT2D eigenvalue weighted by Crippen LogP contribution is 2.39. The molecule has 0 aliphatic carbocycles. The molecule has 1 aromatic heterocycles. The van der Waals surface area contributed by atoms with Gasteiger partial charge in [0, 0.05) is 24.5 Å². The molecule has 0 bridgehead atoms. The van der Waals surface area contributed by atoms with Crippen LogP contribution in [0.5, 0.6) is 5.75 Å². The van der Waals surface area contributed by atoms with E-state index in [1.807, 2.05) is 32.0 Å². The van der Waals surface area contributed by atoms with Gasteiger partial charge in [0.15, 0.2) is 0 Å². The fraction of sp³-hybridized carbons (Fsp3) is 0.348. The summed E-state index contributed by atoms with van der Waals surface area (Å²) < 4.78 is 5.28. The van der Waals surface area contributed by atoms with Gasteiger partial charge in [0.05, 0.1) is 18.7 Å². The average molecular weight is 409 g/mol. The summed E-state index contributed by atoms with van der Waals surface area (Å²) in [5.41, 5.74) is 2.06. The molecule has 1 saturated heterocycles. The third-order valence-corrected chi connectivity index (χ3v) is 5.21. The molecule has 1 aliphatic heterocycles. The highest BCUT2D eigenvalue weighted by Gasteiger charge is 2.45. The minimum Gasteiger partial charge on any atom is -0.507 e. The molecule has 2 heterocycles. The number of ketones is 1. The van der Waals surface area contributed by atoms with Crippen molar-refractivity contribution >= 4 is 17.4 Å². The number of hydrogen-bond acceptors (Lipinski definition) is 6. The molecule has 3 rings (SSSR count). The first-order valence-corrected chi connectivity index (χ1v) is 9.83. The Morgan fingerprint density at radius 2 is 2.03 bits per heavy atom. The Kier molecular flexibility index (Phi) is 6.52. The van der Waals surface area contributed by atoms with Crippen molar-refractivity contribution in [3.05, 3.63) is 65.0 Å². The Hall–Kier alpha value is -3.19. The van der Waals surface area contributed by atoms with E-state index in [0.29, 0.717) is 29.8 Å². The number of pyridine rings is 1. The Bertz CT molecular complexity index is 970. The minimum atomic E-state index is -0.681. The van der Waals surface area contributed by atoms with Gasteiger partial charge in [-0.1, -0.05) is 6.07 Å². The highest BCUT2D eigenvalue weighted by molar-refractivity contribution is 6.46. The van der Waals surface area contributed by atoms with Crippen molar-refractivity contribution in [2.75, 3.05) is 34.3 Å². The normalized spacial score (nSPS) is 18.3. The number of aryl methyl sites for hydroxylation is 1. The summed E-state index contributed by atoms with van der Waals surface area (Å²) >= 11 is 0. The smallest absolute Gasteiger partial charge is 0.295 e. The van der Waals surface area contributed by atoms with Crippen molar-refractivity contribution in [2.24, 2.45) is 0 Å². The van der Waals surface area contributed by atoms with Crippen LogP contribution in [0, 0.1) is 6.92 Å². The van der Waals surface area contributed by atoms with Gasteiger partial charge in [0.25, 0.3) is 11.7 Å². The molecule has 158 valence electrons. The summed E-state index contributed by atoms with van der Waals surface area (Å²) in [4.78, 5) is 33.5. The number of aliphatic hydroxyl groups excluding tert-OH is 1. The first-order chi connectivity index (χ1) is 14.3. The number of aromatic nitrogens is 1. The van der Waals surface area contributed by atoms with Crippen LogP contribution in [0.3, 0.4) is 0 Å². The number of ether oxygens (including phenoxy) is 1. The van der Waals surface area contributed by atoms with Crippen LogP contribution in [0.15, 0.2) is 48.3 Å². The van der Waals surface area contributed by atoms with E-state index in [0.717, 1.165) is 12.1 Å². The maximum atomic E-state index is 13.0. The van der Waals surface area contributed by atoms with Gasteiger partial charge in [-0.25, -0.2) is 0 Å². The Morgan fingerprint density at radius 1 is 1.27 bits per heavy atom. The number of hydrogen-bond donors (Lipinski definition) is 1. The molecule has 30 heavy (non-hydrogen) atoms. The van der Waals surface area contributed by atoms with E-state index in [1.165, 1.54) is 4.90 Å².